The van der Waals surface area contributed by atoms with E-state index in [4.69, 9.17) is 23.2 Å². The lowest BCUT2D eigenvalue weighted by Gasteiger charge is -2.12. The average molecular weight is 415 g/mol. The maximum absolute atomic E-state index is 13.5. The molecule has 1 aromatic heterocycles. The van der Waals surface area contributed by atoms with Gasteiger partial charge in [0.2, 0.25) is 0 Å². The first-order valence-electron chi connectivity index (χ1n) is 7.44. The molecule has 0 atom stereocenters. The van der Waals surface area contributed by atoms with Crippen molar-refractivity contribution in [3.63, 3.8) is 0 Å². The number of carbonyl (C=O) groups is 1. The molecule has 0 amide bonds. The number of ketones is 1. The van der Waals surface area contributed by atoms with E-state index in [1.165, 1.54) is 17.4 Å². The summed E-state index contributed by atoms with van der Waals surface area (Å²) in [5, 5.41) is 0.981. The highest BCUT2D eigenvalue weighted by Gasteiger charge is 2.36. The Balaban J connectivity index is 2.13. The summed E-state index contributed by atoms with van der Waals surface area (Å²) in [5.41, 5.74) is -0.664. The lowest BCUT2D eigenvalue weighted by molar-refractivity contribution is -0.0689. The van der Waals surface area contributed by atoms with E-state index < -0.39 is 17.5 Å². The Morgan fingerprint density at radius 2 is 1.69 bits per heavy atom. The van der Waals surface area contributed by atoms with Crippen molar-refractivity contribution in [2.45, 2.75) is 13.1 Å². The molecule has 0 fully saturated rings. The predicted octanol–water partition coefficient (Wildman–Crippen LogP) is 7.35. The van der Waals surface area contributed by atoms with Gasteiger partial charge in [-0.1, -0.05) is 41.4 Å². The zero-order valence-corrected chi connectivity index (χ0v) is 15.7. The normalized spacial score (nSPS) is 12.6. The molecule has 134 valence electrons. The zero-order chi connectivity index (χ0) is 19.1. The van der Waals surface area contributed by atoms with Crippen molar-refractivity contribution in [1.29, 1.82) is 0 Å². The first kappa shape index (κ1) is 19.0. The van der Waals surface area contributed by atoms with Crippen LogP contribution in [0.15, 0.2) is 48.5 Å². The number of benzene rings is 2. The van der Waals surface area contributed by atoms with Gasteiger partial charge in [-0.15, -0.1) is 11.3 Å². The van der Waals surface area contributed by atoms with E-state index in [-0.39, 0.29) is 20.5 Å². The van der Waals surface area contributed by atoms with Gasteiger partial charge in [0.05, 0.1) is 10.5 Å². The highest BCUT2D eigenvalue weighted by molar-refractivity contribution is 7.21. The molecule has 0 spiro atoms. The number of allylic oxidation sites excluding steroid dienone is 2. The van der Waals surface area contributed by atoms with E-state index >= 15 is 0 Å². The number of thiophene rings is 1. The lowest BCUT2D eigenvalue weighted by atomic mass is 10.0. The number of halogens is 5. The summed E-state index contributed by atoms with van der Waals surface area (Å²) in [4.78, 5) is 12.9. The van der Waals surface area contributed by atoms with E-state index in [1.807, 2.05) is 24.3 Å². The second kappa shape index (κ2) is 7.06. The summed E-state index contributed by atoms with van der Waals surface area (Å²) in [5.74, 6) is -0.702. The molecule has 0 saturated carbocycles. The summed E-state index contributed by atoms with van der Waals surface area (Å²) in [6, 6.07) is 10.9. The minimum atomic E-state index is -4.73. The topological polar surface area (TPSA) is 17.1 Å². The second-order valence-corrected chi connectivity index (χ2v) is 7.56. The molecule has 3 aromatic rings. The van der Waals surface area contributed by atoms with Crippen molar-refractivity contribution in [2.75, 3.05) is 0 Å². The summed E-state index contributed by atoms with van der Waals surface area (Å²) < 4.78 is 41.5. The van der Waals surface area contributed by atoms with E-state index in [0.717, 1.165) is 22.2 Å². The Bertz CT molecular complexity index is 1010. The van der Waals surface area contributed by atoms with E-state index in [1.54, 1.807) is 6.92 Å². The fourth-order valence-electron chi connectivity index (χ4n) is 2.64. The van der Waals surface area contributed by atoms with Gasteiger partial charge in [-0.25, -0.2) is 0 Å². The van der Waals surface area contributed by atoms with Crippen molar-refractivity contribution < 1.29 is 18.0 Å². The number of carbonyl (C=O) groups excluding carboxylic acids is 1. The number of rotatable bonds is 3. The quantitative estimate of drug-likeness (QED) is 0.323. The fraction of sp³-hybridized carbons (Fsp3) is 0.105. The van der Waals surface area contributed by atoms with Crippen LogP contribution in [0.25, 0.3) is 15.7 Å². The molecule has 0 unspecified atom stereocenters. The van der Waals surface area contributed by atoms with Crippen molar-refractivity contribution in [1.82, 2.24) is 0 Å². The third-order valence-electron chi connectivity index (χ3n) is 3.82. The van der Waals surface area contributed by atoms with Crippen LogP contribution in [0.3, 0.4) is 0 Å². The first-order valence-corrected chi connectivity index (χ1v) is 9.02. The molecule has 0 aliphatic heterocycles. The van der Waals surface area contributed by atoms with Gasteiger partial charge in [-0.05, 0) is 53.8 Å². The molecule has 0 aliphatic carbocycles. The van der Waals surface area contributed by atoms with Gasteiger partial charge in [0.1, 0.15) is 0 Å². The van der Waals surface area contributed by atoms with Gasteiger partial charge in [-0.3, -0.25) is 4.79 Å². The smallest absolute Gasteiger partial charge is 0.288 e. The molecule has 7 heteroatoms. The maximum atomic E-state index is 13.5. The third-order valence-corrected chi connectivity index (χ3v) is 5.55. The lowest BCUT2D eigenvalue weighted by Crippen LogP contribution is -2.13. The van der Waals surface area contributed by atoms with Crippen molar-refractivity contribution in [3.8, 4) is 0 Å². The largest absolute Gasteiger partial charge is 0.417 e. The van der Waals surface area contributed by atoms with Crippen LogP contribution in [-0.2, 0) is 0 Å². The average Bonchev–Trinajstić information content (AvgIpc) is 2.88. The Kier molecular flexibility index (Phi) is 5.15. The number of aryl methyl sites for hydroxylation is 1. The Hall–Kier alpha value is -1.82. The maximum Gasteiger partial charge on any atom is 0.417 e. The van der Waals surface area contributed by atoms with Crippen molar-refractivity contribution >= 4 is 56.0 Å². The highest BCUT2D eigenvalue weighted by atomic mass is 35.5. The van der Waals surface area contributed by atoms with Gasteiger partial charge in [0.25, 0.3) is 0 Å². The highest BCUT2D eigenvalue weighted by Crippen LogP contribution is 2.38. The van der Waals surface area contributed by atoms with Gasteiger partial charge in [0, 0.05) is 14.7 Å². The molecular formula is C19H11Cl2F3OS. The minimum Gasteiger partial charge on any atom is -0.288 e. The number of fused-ring (bicyclic) bond motifs is 1. The second-order valence-electron chi connectivity index (χ2n) is 5.63. The van der Waals surface area contributed by atoms with Crippen LogP contribution in [-0.4, -0.2) is 12.0 Å². The standard InChI is InChI=1S/C19H11Cl2F3OS/c1-10-14-4-2-3-5-17(14)26-18(10)16(25)9-15(19(22,23)24)11-6-12(20)8-13(21)7-11/h2-9H,1H3. The predicted molar refractivity (Wildman–Crippen MR) is 101 cm³/mol. The van der Waals surface area contributed by atoms with Crippen molar-refractivity contribution in [3.05, 3.63) is 74.6 Å². The molecule has 0 aliphatic rings. The van der Waals surface area contributed by atoms with Crippen LogP contribution >= 0.6 is 34.5 Å². The van der Waals surface area contributed by atoms with E-state index in [2.05, 4.69) is 0 Å². The molecule has 3 rings (SSSR count). The summed E-state index contributed by atoms with van der Waals surface area (Å²) >= 11 is 12.8. The zero-order valence-electron chi connectivity index (χ0n) is 13.3. The monoisotopic (exact) mass is 414 g/mol. The van der Waals surface area contributed by atoms with Crippen LogP contribution in [0.2, 0.25) is 10.0 Å². The van der Waals surface area contributed by atoms with Crippen molar-refractivity contribution in [2.24, 2.45) is 0 Å². The van der Waals surface area contributed by atoms with Crippen LogP contribution < -0.4 is 0 Å². The number of alkyl halides is 3. The number of hydrogen-bond acceptors (Lipinski definition) is 2. The summed E-state index contributed by atoms with van der Waals surface area (Å²) in [6.07, 6.45) is -4.12. The molecule has 0 bridgehead atoms. The Labute approximate surface area is 161 Å². The number of hydrogen-bond donors (Lipinski definition) is 0. The minimum absolute atomic E-state index is 0.0631. The van der Waals surface area contributed by atoms with Gasteiger partial charge in [-0.2, -0.15) is 13.2 Å². The molecule has 0 saturated heterocycles. The van der Waals surface area contributed by atoms with E-state index in [9.17, 15) is 18.0 Å². The van der Waals surface area contributed by atoms with Crippen LogP contribution in [0, 0.1) is 6.92 Å². The SMILES string of the molecule is Cc1c(C(=O)C=C(c2cc(Cl)cc(Cl)c2)C(F)(F)F)sc2ccccc12. The van der Waals surface area contributed by atoms with Gasteiger partial charge < -0.3 is 0 Å². The molecule has 2 aromatic carbocycles. The van der Waals surface area contributed by atoms with Crippen LogP contribution in [0.5, 0.6) is 0 Å². The van der Waals surface area contributed by atoms with Crippen LogP contribution in [0.4, 0.5) is 13.2 Å². The Morgan fingerprint density at radius 1 is 1.08 bits per heavy atom. The Morgan fingerprint density at radius 3 is 2.27 bits per heavy atom. The molecule has 26 heavy (non-hydrogen) atoms. The third kappa shape index (κ3) is 3.80. The fourth-order valence-corrected chi connectivity index (χ4v) is 4.29. The molecule has 0 N–H and O–H groups in total. The summed E-state index contributed by atoms with van der Waals surface area (Å²) in [6.45, 7) is 1.73. The molecule has 1 heterocycles. The molecule has 0 radical (unpaired) electrons. The van der Waals surface area contributed by atoms with Gasteiger partial charge >= 0.3 is 6.18 Å². The van der Waals surface area contributed by atoms with Crippen LogP contribution in [0.1, 0.15) is 20.8 Å². The molecule has 1 nitrogen and oxygen atoms in total. The van der Waals surface area contributed by atoms with E-state index in [0.29, 0.717) is 11.6 Å². The molecular weight excluding hydrogens is 404 g/mol. The first-order chi connectivity index (χ1) is 12.2. The summed E-state index contributed by atoms with van der Waals surface area (Å²) in [7, 11) is 0. The van der Waals surface area contributed by atoms with Gasteiger partial charge in [0.15, 0.2) is 5.78 Å².